The Balaban J connectivity index is 1.21. The molecule has 1 aliphatic carbocycles. The van der Waals surface area contributed by atoms with Crippen molar-refractivity contribution >= 4 is 17.5 Å². The monoisotopic (exact) mass is 528 g/mol. The molecule has 0 fully saturated rings. The zero-order valence-electron chi connectivity index (χ0n) is 20.6. The van der Waals surface area contributed by atoms with Crippen LogP contribution in [-0.2, 0) is 13.0 Å². The van der Waals surface area contributed by atoms with Gasteiger partial charge < -0.3 is 10.6 Å². The Morgan fingerprint density at radius 1 is 1.18 bits per heavy atom. The largest absolute Gasteiger partial charge is 0.439 e. The van der Waals surface area contributed by atoms with E-state index in [1.54, 1.807) is 25.1 Å². The lowest BCUT2D eigenvalue weighted by Gasteiger charge is -2.15. The van der Waals surface area contributed by atoms with Crippen molar-refractivity contribution in [3.8, 4) is 11.4 Å². The topological polar surface area (TPSA) is 160 Å². The second kappa shape index (κ2) is 9.59. The third kappa shape index (κ3) is 4.65. The van der Waals surface area contributed by atoms with Crippen molar-refractivity contribution in [1.29, 1.82) is 0 Å². The highest BCUT2D eigenvalue weighted by molar-refractivity contribution is 5.98. The molecule has 3 aromatic heterocycles. The van der Waals surface area contributed by atoms with Crippen LogP contribution in [0, 0.1) is 12.7 Å². The van der Waals surface area contributed by atoms with Gasteiger partial charge in [0.2, 0.25) is 0 Å². The molecule has 1 aliphatic rings. The number of carbonyl (C=O) groups excluding carboxylic acids is 2. The number of amides is 2. The van der Waals surface area contributed by atoms with Crippen LogP contribution in [0.3, 0.4) is 0 Å². The molecule has 0 saturated carbocycles. The summed E-state index contributed by atoms with van der Waals surface area (Å²) in [6.07, 6.45) is 2.74. The van der Waals surface area contributed by atoms with Crippen molar-refractivity contribution in [3.63, 3.8) is 0 Å². The Morgan fingerprint density at radius 3 is 2.85 bits per heavy atom. The minimum absolute atomic E-state index is 0.0396. The number of nitrogens with one attached hydrogen (secondary N) is 3. The fourth-order valence-electron chi connectivity index (χ4n) is 4.69. The summed E-state index contributed by atoms with van der Waals surface area (Å²) in [6.45, 7) is 1.80. The summed E-state index contributed by atoms with van der Waals surface area (Å²) >= 11 is 0. The molecule has 0 aliphatic heterocycles. The van der Waals surface area contributed by atoms with E-state index in [0.29, 0.717) is 29.8 Å². The van der Waals surface area contributed by atoms with Crippen LogP contribution < -0.4 is 16.4 Å². The number of carbonyl (C=O) groups is 2. The predicted octanol–water partition coefficient (Wildman–Crippen LogP) is 2.26. The fraction of sp³-hybridized carbons (Fsp3) is 0.192. The van der Waals surface area contributed by atoms with Gasteiger partial charge in [-0.3, -0.25) is 19.1 Å². The van der Waals surface area contributed by atoms with Gasteiger partial charge in [0.25, 0.3) is 11.8 Å². The maximum atomic E-state index is 13.6. The van der Waals surface area contributed by atoms with Crippen LogP contribution in [0.4, 0.5) is 4.39 Å². The van der Waals surface area contributed by atoms with Crippen molar-refractivity contribution in [1.82, 2.24) is 40.6 Å². The molecule has 2 amide bonds. The number of hydrogen-bond acceptors (Lipinski definition) is 8. The van der Waals surface area contributed by atoms with E-state index in [1.165, 1.54) is 22.8 Å². The quantitative estimate of drug-likeness (QED) is 0.303. The molecule has 0 saturated heterocycles. The highest BCUT2D eigenvalue weighted by Gasteiger charge is 2.26. The van der Waals surface area contributed by atoms with Crippen molar-refractivity contribution in [2.24, 2.45) is 0 Å². The zero-order valence-corrected chi connectivity index (χ0v) is 20.6. The molecule has 0 bridgehead atoms. The maximum Gasteiger partial charge on any atom is 0.439 e. The molecule has 1 atom stereocenters. The standard InChI is InChI=1S/C26H21FN8O4/c1-13-8-14(2-6-18(13)27)11-28-25(37)21-10-20(30-22-12-29-34-35(21)22)24(36)31-19-7-4-15-9-16(3-5-17(15)19)23-32-26(38)39-33-23/h2-3,5-6,8-10,12,19H,4,7,11H2,1H3,(H,28,37)(H,31,36)(H,32,33,38)/t19-/m0/s1. The van der Waals surface area contributed by atoms with Crippen LogP contribution in [0.2, 0.25) is 0 Å². The first-order valence-corrected chi connectivity index (χ1v) is 12.1. The normalized spacial score (nSPS) is 14.4. The summed E-state index contributed by atoms with van der Waals surface area (Å²) in [5.41, 5.74) is 4.22. The first-order chi connectivity index (χ1) is 18.9. The van der Waals surface area contributed by atoms with E-state index < -0.39 is 17.6 Å². The van der Waals surface area contributed by atoms with Gasteiger partial charge in [0.05, 0.1) is 12.2 Å². The molecule has 12 nitrogen and oxygen atoms in total. The van der Waals surface area contributed by atoms with E-state index in [2.05, 4.69) is 40.6 Å². The average Bonchev–Trinajstić information content (AvgIpc) is 3.68. The maximum absolute atomic E-state index is 13.6. The van der Waals surface area contributed by atoms with Crippen molar-refractivity contribution in [2.75, 3.05) is 0 Å². The third-order valence-electron chi connectivity index (χ3n) is 6.65. The molecule has 39 heavy (non-hydrogen) atoms. The predicted molar refractivity (Wildman–Crippen MR) is 134 cm³/mol. The first kappa shape index (κ1) is 24.2. The number of nitrogens with zero attached hydrogens (tertiary/aromatic N) is 5. The number of rotatable bonds is 6. The number of H-pyrrole nitrogens is 1. The SMILES string of the molecule is Cc1cc(CNC(=O)c2cc(C(=O)N[C@H]3CCc4cc(-c5noc(=O)[nH]5)ccc43)nc3cnnn23)ccc1F. The molecule has 3 heterocycles. The summed E-state index contributed by atoms with van der Waals surface area (Å²) in [4.78, 5) is 44.4. The summed E-state index contributed by atoms with van der Waals surface area (Å²) in [6, 6.07) is 11.3. The number of fused-ring (bicyclic) bond motifs is 2. The Kier molecular flexibility index (Phi) is 5.94. The summed E-state index contributed by atoms with van der Waals surface area (Å²) in [5, 5.41) is 17.2. The number of hydrogen-bond donors (Lipinski definition) is 3. The zero-order chi connectivity index (χ0) is 27.1. The van der Waals surface area contributed by atoms with E-state index in [4.69, 9.17) is 0 Å². The molecule has 2 aromatic carbocycles. The summed E-state index contributed by atoms with van der Waals surface area (Å²) < 4.78 is 19.4. The van der Waals surface area contributed by atoms with Gasteiger partial charge in [0, 0.05) is 18.2 Å². The van der Waals surface area contributed by atoms with Gasteiger partial charge in [-0.05, 0) is 54.2 Å². The second-order valence-corrected chi connectivity index (χ2v) is 9.22. The molecule has 0 unspecified atom stereocenters. The Bertz CT molecular complexity index is 1810. The van der Waals surface area contributed by atoms with E-state index in [-0.39, 0.29) is 35.4 Å². The number of benzene rings is 2. The van der Waals surface area contributed by atoms with Crippen molar-refractivity contribution in [2.45, 2.75) is 32.4 Å². The number of aromatic amines is 1. The van der Waals surface area contributed by atoms with Gasteiger partial charge in [-0.15, -0.1) is 5.10 Å². The molecule has 0 radical (unpaired) electrons. The number of aryl methyl sites for hydroxylation is 2. The molecule has 6 rings (SSSR count). The van der Waals surface area contributed by atoms with Crippen LogP contribution in [0.1, 0.15) is 55.7 Å². The van der Waals surface area contributed by atoms with Gasteiger partial charge >= 0.3 is 5.76 Å². The highest BCUT2D eigenvalue weighted by atomic mass is 19.1. The number of halogens is 1. The summed E-state index contributed by atoms with van der Waals surface area (Å²) in [7, 11) is 0. The molecular weight excluding hydrogens is 507 g/mol. The summed E-state index contributed by atoms with van der Waals surface area (Å²) in [5.74, 6) is -1.57. The van der Waals surface area contributed by atoms with Crippen LogP contribution >= 0.6 is 0 Å². The molecule has 196 valence electrons. The first-order valence-electron chi connectivity index (χ1n) is 12.1. The van der Waals surface area contributed by atoms with E-state index in [1.807, 2.05) is 12.1 Å². The minimum Gasteiger partial charge on any atom is -0.347 e. The van der Waals surface area contributed by atoms with Gasteiger partial charge in [-0.1, -0.05) is 34.6 Å². The fourth-order valence-corrected chi connectivity index (χ4v) is 4.69. The van der Waals surface area contributed by atoms with Crippen LogP contribution in [-0.4, -0.2) is 41.8 Å². The second-order valence-electron chi connectivity index (χ2n) is 9.22. The molecular formula is C26H21FN8O4. The molecule has 5 aromatic rings. The van der Waals surface area contributed by atoms with Crippen molar-refractivity contribution < 1.29 is 18.5 Å². The van der Waals surface area contributed by atoms with Gasteiger partial charge in [-0.2, -0.15) is 4.52 Å². The molecule has 3 N–H and O–H groups in total. The van der Waals surface area contributed by atoms with Gasteiger partial charge in [0.15, 0.2) is 11.5 Å². The van der Waals surface area contributed by atoms with Crippen LogP contribution in [0.5, 0.6) is 0 Å². The third-order valence-corrected chi connectivity index (χ3v) is 6.65. The van der Waals surface area contributed by atoms with E-state index in [9.17, 15) is 18.8 Å². The van der Waals surface area contributed by atoms with Gasteiger partial charge in [0.1, 0.15) is 17.2 Å². The number of aromatic nitrogens is 6. The van der Waals surface area contributed by atoms with Crippen LogP contribution in [0.25, 0.3) is 17.0 Å². The molecule has 0 spiro atoms. The highest BCUT2D eigenvalue weighted by Crippen LogP contribution is 2.33. The Morgan fingerprint density at radius 2 is 2.05 bits per heavy atom. The Hall–Kier alpha value is -5.20. The van der Waals surface area contributed by atoms with E-state index >= 15 is 0 Å². The lowest BCUT2D eigenvalue weighted by Crippen LogP contribution is -2.30. The molecule has 13 heteroatoms. The van der Waals surface area contributed by atoms with Crippen LogP contribution in [0.15, 0.2) is 58.0 Å². The Labute approximate surface area is 219 Å². The lowest BCUT2D eigenvalue weighted by atomic mass is 10.0. The van der Waals surface area contributed by atoms with Crippen molar-refractivity contribution in [3.05, 3.63) is 98.7 Å². The van der Waals surface area contributed by atoms with Gasteiger partial charge in [-0.25, -0.2) is 14.2 Å². The smallest absolute Gasteiger partial charge is 0.347 e. The average molecular weight is 529 g/mol. The lowest BCUT2D eigenvalue weighted by molar-refractivity contribution is 0.0931. The minimum atomic E-state index is -0.632. The van der Waals surface area contributed by atoms with E-state index in [0.717, 1.165) is 16.7 Å².